The van der Waals surface area contributed by atoms with Gasteiger partial charge >= 0.3 is 0 Å². The summed E-state index contributed by atoms with van der Waals surface area (Å²) < 4.78 is 1.10. The van der Waals surface area contributed by atoms with E-state index in [1.165, 1.54) is 6.42 Å². The number of piperidine rings is 1. The topological polar surface area (TPSA) is 61.3 Å². The predicted octanol–water partition coefficient (Wildman–Crippen LogP) is 3.88. The maximum absolute atomic E-state index is 10.3. The summed E-state index contributed by atoms with van der Waals surface area (Å²) in [7, 11) is 2.16. The van der Waals surface area contributed by atoms with E-state index >= 15 is 0 Å². The Balaban J connectivity index is 1.71. The number of hydrogen-bond donors (Lipinski definition) is 2. The molecule has 6 heteroatoms. The second-order valence-electron chi connectivity index (χ2n) is 6.83. The third kappa shape index (κ3) is 3.19. The molecule has 0 spiro atoms. The summed E-state index contributed by atoms with van der Waals surface area (Å²) in [6.07, 6.45) is 2.35. The lowest BCUT2D eigenvalue weighted by atomic mass is 10.0. The molecule has 1 aliphatic heterocycles. The van der Waals surface area contributed by atoms with Crippen LogP contribution < -0.4 is 5.32 Å². The van der Waals surface area contributed by atoms with Crippen LogP contribution in [0.25, 0.3) is 21.3 Å². The minimum atomic E-state index is 0.247. The minimum absolute atomic E-state index is 0.247. The third-order valence-electron chi connectivity index (χ3n) is 4.76. The Morgan fingerprint density at radius 2 is 2.16 bits per heavy atom. The summed E-state index contributed by atoms with van der Waals surface area (Å²) >= 11 is 1.66. The van der Waals surface area contributed by atoms with Crippen LogP contribution in [-0.4, -0.2) is 46.4 Å². The second-order valence-corrected chi connectivity index (χ2v) is 7.74. The van der Waals surface area contributed by atoms with E-state index in [1.54, 1.807) is 17.4 Å². The average molecular weight is 354 g/mol. The highest BCUT2D eigenvalue weighted by atomic mass is 32.1. The first kappa shape index (κ1) is 16.3. The summed E-state index contributed by atoms with van der Waals surface area (Å²) in [6, 6.07) is 8.12. The maximum Gasteiger partial charge on any atom is 0.166 e. The highest BCUT2D eigenvalue weighted by molar-refractivity contribution is 7.17. The van der Waals surface area contributed by atoms with E-state index in [0.29, 0.717) is 6.04 Å². The number of likely N-dealkylation sites (N-methyl/N-ethyl adjacent to an activating group) is 1. The van der Waals surface area contributed by atoms with E-state index in [1.807, 2.05) is 19.1 Å². The van der Waals surface area contributed by atoms with Crippen molar-refractivity contribution in [1.82, 2.24) is 15.1 Å². The molecule has 2 aromatic heterocycles. The van der Waals surface area contributed by atoms with Gasteiger partial charge in [0.1, 0.15) is 11.4 Å². The molecule has 25 heavy (non-hydrogen) atoms. The van der Waals surface area contributed by atoms with Crippen LogP contribution in [0.3, 0.4) is 0 Å². The summed E-state index contributed by atoms with van der Waals surface area (Å²) in [5.74, 6) is 1.09. The number of likely N-dealkylation sites (tertiary alicyclic amines) is 1. The standard InChI is InChI=1S/C19H22N4OS/c1-12-5-6-14(16(24)10-12)17-15-7-9-25-18(15)19(22-21-17)20-13-4-3-8-23(2)11-13/h5-7,9-10,13,24H,3-4,8,11H2,1-2H3,(H,20,22). The number of phenols is 1. The molecule has 5 nitrogen and oxygen atoms in total. The fourth-order valence-corrected chi connectivity index (χ4v) is 4.33. The molecule has 0 radical (unpaired) electrons. The van der Waals surface area contributed by atoms with Crippen LogP contribution in [0, 0.1) is 6.92 Å². The molecule has 1 saturated heterocycles. The lowest BCUT2D eigenvalue weighted by Gasteiger charge is -2.30. The molecule has 0 amide bonds. The van der Waals surface area contributed by atoms with Crippen molar-refractivity contribution in [3.63, 3.8) is 0 Å². The largest absolute Gasteiger partial charge is 0.507 e. The number of benzene rings is 1. The van der Waals surface area contributed by atoms with Gasteiger partial charge in [-0.2, -0.15) is 0 Å². The number of rotatable bonds is 3. The number of hydrogen-bond acceptors (Lipinski definition) is 6. The molecule has 1 fully saturated rings. The summed E-state index contributed by atoms with van der Waals surface area (Å²) in [5, 5.41) is 25.9. The normalized spacial score (nSPS) is 18.6. The van der Waals surface area contributed by atoms with Crippen molar-refractivity contribution in [2.75, 3.05) is 25.5 Å². The molecule has 3 aromatic rings. The number of aromatic nitrogens is 2. The van der Waals surface area contributed by atoms with Gasteiger partial charge in [-0.15, -0.1) is 21.5 Å². The molecule has 1 aliphatic rings. The molecule has 1 unspecified atom stereocenters. The fraction of sp³-hybridized carbons (Fsp3) is 0.368. The van der Waals surface area contributed by atoms with Crippen LogP contribution in [-0.2, 0) is 0 Å². The van der Waals surface area contributed by atoms with Crippen molar-refractivity contribution in [3.05, 3.63) is 35.2 Å². The summed E-state index contributed by atoms with van der Waals surface area (Å²) in [4.78, 5) is 2.35. The second kappa shape index (κ2) is 6.61. The van der Waals surface area contributed by atoms with Crippen LogP contribution in [0.5, 0.6) is 5.75 Å². The van der Waals surface area contributed by atoms with Gasteiger partial charge in [0.2, 0.25) is 0 Å². The number of nitrogens with one attached hydrogen (secondary N) is 1. The smallest absolute Gasteiger partial charge is 0.166 e. The number of phenolic OH excluding ortho intramolecular Hbond substituents is 1. The summed E-state index contributed by atoms with van der Waals surface area (Å²) in [5.41, 5.74) is 2.49. The van der Waals surface area contributed by atoms with E-state index in [-0.39, 0.29) is 5.75 Å². The Kier molecular flexibility index (Phi) is 4.31. The van der Waals surface area contributed by atoms with Gasteiger partial charge in [-0.1, -0.05) is 6.07 Å². The van der Waals surface area contributed by atoms with Gasteiger partial charge in [0.05, 0.1) is 4.70 Å². The molecule has 0 saturated carbocycles. The highest BCUT2D eigenvalue weighted by Gasteiger charge is 2.20. The average Bonchev–Trinajstić information content (AvgIpc) is 3.06. The Labute approximate surface area is 151 Å². The third-order valence-corrected chi connectivity index (χ3v) is 5.68. The minimum Gasteiger partial charge on any atom is -0.507 e. The number of thiophene rings is 1. The molecule has 130 valence electrons. The predicted molar refractivity (Wildman–Crippen MR) is 103 cm³/mol. The zero-order valence-corrected chi connectivity index (χ0v) is 15.3. The molecular formula is C19H22N4OS. The number of aromatic hydroxyl groups is 1. The zero-order chi connectivity index (χ0) is 17.4. The van der Waals surface area contributed by atoms with E-state index in [0.717, 1.165) is 52.2 Å². The van der Waals surface area contributed by atoms with Crippen molar-refractivity contribution in [2.24, 2.45) is 0 Å². The molecular weight excluding hydrogens is 332 g/mol. The zero-order valence-electron chi connectivity index (χ0n) is 14.5. The van der Waals surface area contributed by atoms with Crippen molar-refractivity contribution in [3.8, 4) is 17.0 Å². The number of anilines is 1. The highest BCUT2D eigenvalue weighted by Crippen LogP contribution is 2.37. The van der Waals surface area contributed by atoms with Gasteiger partial charge in [-0.3, -0.25) is 0 Å². The first-order valence-corrected chi connectivity index (χ1v) is 9.49. The van der Waals surface area contributed by atoms with Gasteiger partial charge in [0.15, 0.2) is 5.82 Å². The van der Waals surface area contributed by atoms with E-state index < -0.39 is 0 Å². The molecule has 1 aromatic carbocycles. The first-order valence-electron chi connectivity index (χ1n) is 8.61. The lowest BCUT2D eigenvalue weighted by Crippen LogP contribution is -2.39. The quantitative estimate of drug-likeness (QED) is 0.747. The van der Waals surface area contributed by atoms with Gasteiger partial charge < -0.3 is 15.3 Å². The van der Waals surface area contributed by atoms with Crippen molar-refractivity contribution >= 4 is 27.2 Å². The van der Waals surface area contributed by atoms with Gasteiger partial charge in [-0.05, 0) is 62.5 Å². The first-order chi connectivity index (χ1) is 12.1. The van der Waals surface area contributed by atoms with Crippen LogP contribution in [0.15, 0.2) is 29.6 Å². The number of fused-ring (bicyclic) bond motifs is 1. The van der Waals surface area contributed by atoms with E-state index in [2.05, 4.69) is 38.9 Å². The Morgan fingerprint density at radius 1 is 1.28 bits per heavy atom. The molecule has 2 N–H and O–H groups in total. The molecule has 4 rings (SSSR count). The molecule has 3 heterocycles. The van der Waals surface area contributed by atoms with Crippen molar-refractivity contribution < 1.29 is 5.11 Å². The van der Waals surface area contributed by atoms with E-state index in [9.17, 15) is 5.11 Å². The van der Waals surface area contributed by atoms with Gasteiger partial charge in [0, 0.05) is 23.5 Å². The molecule has 1 atom stereocenters. The van der Waals surface area contributed by atoms with Gasteiger partial charge in [-0.25, -0.2) is 0 Å². The van der Waals surface area contributed by atoms with Crippen LogP contribution in [0.4, 0.5) is 5.82 Å². The maximum atomic E-state index is 10.3. The van der Waals surface area contributed by atoms with Gasteiger partial charge in [0.25, 0.3) is 0 Å². The van der Waals surface area contributed by atoms with Crippen LogP contribution in [0.2, 0.25) is 0 Å². The van der Waals surface area contributed by atoms with Crippen molar-refractivity contribution in [2.45, 2.75) is 25.8 Å². The van der Waals surface area contributed by atoms with Crippen molar-refractivity contribution in [1.29, 1.82) is 0 Å². The number of nitrogens with zero attached hydrogens (tertiary/aromatic N) is 3. The molecule has 0 bridgehead atoms. The fourth-order valence-electron chi connectivity index (χ4n) is 3.49. The van der Waals surface area contributed by atoms with Crippen LogP contribution >= 0.6 is 11.3 Å². The Morgan fingerprint density at radius 3 is 2.96 bits per heavy atom. The Hall–Kier alpha value is -2.18. The summed E-state index contributed by atoms with van der Waals surface area (Å²) in [6.45, 7) is 4.14. The van der Waals surface area contributed by atoms with Crippen LogP contribution in [0.1, 0.15) is 18.4 Å². The number of aryl methyl sites for hydroxylation is 1. The lowest BCUT2D eigenvalue weighted by molar-refractivity contribution is 0.261. The molecule has 0 aliphatic carbocycles. The SMILES string of the molecule is Cc1ccc(-c2nnc(NC3CCCN(C)C3)c3sccc23)c(O)c1. The Bertz CT molecular complexity index is 908. The van der Waals surface area contributed by atoms with E-state index in [4.69, 9.17) is 0 Å². The monoisotopic (exact) mass is 354 g/mol.